The summed E-state index contributed by atoms with van der Waals surface area (Å²) in [6, 6.07) is 16.7. The molecular formula is C23H25N3O3. The highest BCUT2D eigenvalue weighted by Gasteiger charge is 2.10. The number of anilines is 3. The molecule has 1 heterocycles. The SMILES string of the molecule is COc1ccc(OC)c(Nc2cc(C(=O)Nc3ccc(C(C)C)cc3)ccn2)c1. The Balaban J connectivity index is 1.76. The van der Waals surface area contributed by atoms with Gasteiger partial charge in [0.2, 0.25) is 0 Å². The molecule has 6 nitrogen and oxygen atoms in total. The number of nitrogens with zero attached hydrogens (tertiary/aromatic N) is 1. The minimum Gasteiger partial charge on any atom is -0.497 e. The Bertz CT molecular complexity index is 985. The van der Waals surface area contributed by atoms with Crippen molar-refractivity contribution in [3.05, 3.63) is 71.9 Å². The third kappa shape index (κ3) is 5.04. The highest BCUT2D eigenvalue weighted by molar-refractivity contribution is 6.04. The molecule has 2 N–H and O–H groups in total. The number of hydrogen-bond acceptors (Lipinski definition) is 5. The van der Waals surface area contributed by atoms with E-state index < -0.39 is 0 Å². The van der Waals surface area contributed by atoms with Crippen LogP contribution in [0.25, 0.3) is 0 Å². The van der Waals surface area contributed by atoms with Crippen molar-refractivity contribution < 1.29 is 14.3 Å². The van der Waals surface area contributed by atoms with Crippen molar-refractivity contribution in [1.82, 2.24) is 4.98 Å². The molecule has 0 aliphatic carbocycles. The third-order valence-electron chi connectivity index (χ3n) is 4.53. The van der Waals surface area contributed by atoms with Gasteiger partial charge in [-0.3, -0.25) is 4.79 Å². The van der Waals surface area contributed by atoms with E-state index in [0.29, 0.717) is 34.5 Å². The lowest BCUT2D eigenvalue weighted by Crippen LogP contribution is -2.12. The van der Waals surface area contributed by atoms with Crippen LogP contribution in [-0.2, 0) is 0 Å². The second kappa shape index (κ2) is 9.10. The number of rotatable bonds is 7. The number of hydrogen-bond donors (Lipinski definition) is 2. The number of nitrogens with one attached hydrogen (secondary N) is 2. The van der Waals surface area contributed by atoms with Crippen LogP contribution in [-0.4, -0.2) is 25.1 Å². The molecular weight excluding hydrogens is 366 g/mol. The molecule has 0 spiro atoms. The van der Waals surface area contributed by atoms with E-state index in [-0.39, 0.29) is 5.91 Å². The molecule has 150 valence electrons. The number of amides is 1. The number of methoxy groups -OCH3 is 2. The van der Waals surface area contributed by atoms with Gasteiger partial charge in [0, 0.05) is 23.5 Å². The summed E-state index contributed by atoms with van der Waals surface area (Å²) in [5, 5.41) is 6.10. The van der Waals surface area contributed by atoms with Crippen molar-refractivity contribution in [1.29, 1.82) is 0 Å². The standard InChI is InChI=1S/C23H25N3O3/c1-15(2)16-5-7-18(8-6-16)25-23(27)17-11-12-24-22(13-17)26-20-14-19(28-3)9-10-21(20)29-4/h5-15H,1-4H3,(H,24,26)(H,25,27). The van der Waals surface area contributed by atoms with Gasteiger partial charge in [0.15, 0.2) is 0 Å². The van der Waals surface area contributed by atoms with Crippen LogP contribution in [0, 0.1) is 0 Å². The molecule has 0 saturated carbocycles. The summed E-state index contributed by atoms with van der Waals surface area (Å²) in [7, 11) is 3.19. The monoisotopic (exact) mass is 391 g/mol. The topological polar surface area (TPSA) is 72.5 Å². The van der Waals surface area contributed by atoms with Gasteiger partial charge in [0.1, 0.15) is 17.3 Å². The second-order valence-corrected chi connectivity index (χ2v) is 6.85. The van der Waals surface area contributed by atoms with E-state index in [9.17, 15) is 4.79 Å². The number of aromatic nitrogens is 1. The fraction of sp³-hybridized carbons (Fsp3) is 0.217. The molecule has 6 heteroatoms. The Morgan fingerprint density at radius 1 is 0.966 bits per heavy atom. The van der Waals surface area contributed by atoms with Gasteiger partial charge in [-0.25, -0.2) is 4.98 Å². The average molecular weight is 391 g/mol. The first-order valence-electron chi connectivity index (χ1n) is 9.36. The number of carbonyl (C=O) groups excluding carboxylic acids is 1. The smallest absolute Gasteiger partial charge is 0.255 e. The lowest BCUT2D eigenvalue weighted by molar-refractivity contribution is 0.102. The molecule has 3 aromatic rings. The minimum atomic E-state index is -0.203. The molecule has 0 aliphatic rings. The molecule has 3 rings (SSSR count). The lowest BCUT2D eigenvalue weighted by atomic mass is 10.0. The van der Waals surface area contributed by atoms with Gasteiger partial charge in [-0.15, -0.1) is 0 Å². The van der Waals surface area contributed by atoms with Gasteiger partial charge >= 0.3 is 0 Å². The average Bonchev–Trinajstić information content (AvgIpc) is 2.74. The zero-order valence-electron chi connectivity index (χ0n) is 17.0. The van der Waals surface area contributed by atoms with Crippen LogP contribution in [0.1, 0.15) is 35.7 Å². The summed E-state index contributed by atoms with van der Waals surface area (Å²) < 4.78 is 10.6. The predicted octanol–water partition coefficient (Wildman–Crippen LogP) is 5.22. The predicted molar refractivity (Wildman–Crippen MR) is 116 cm³/mol. The van der Waals surface area contributed by atoms with Crippen LogP contribution in [0.2, 0.25) is 0 Å². The molecule has 1 amide bonds. The first-order valence-corrected chi connectivity index (χ1v) is 9.36. The Morgan fingerprint density at radius 2 is 1.72 bits per heavy atom. The summed E-state index contributed by atoms with van der Waals surface area (Å²) >= 11 is 0. The van der Waals surface area contributed by atoms with E-state index in [4.69, 9.17) is 9.47 Å². The molecule has 29 heavy (non-hydrogen) atoms. The zero-order chi connectivity index (χ0) is 20.8. The number of pyridine rings is 1. The number of carbonyl (C=O) groups is 1. The van der Waals surface area contributed by atoms with E-state index in [1.807, 2.05) is 36.4 Å². The van der Waals surface area contributed by atoms with Crippen LogP contribution in [0.15, 0.2) is 60.8 Å². The van der Waals surface area contributed by atoms with Crippen molar-refractivity contribution in [2.45, 2.75) is 19.8 Å². The normalized spacial score (nSPS) is 10.5. The Labute approximate surface area is 170 Å². The molecule has 0 aliphatic heterocycles. The molecule has 2 aromatic carbocycles. The Hall–Kier alpha value is -3.54. The van der Waals surface area contributed by atoms with Crippen LogP contribution in [0.3, 0.4) is 0 Å². The fourth-order valence-corrected chi connectivity index (χ4v) is 2.84. The first-order chi connectivity index (χ1) is 14.0. The van der Waals surface area contributed by atoms with Crippen molar-refractivity contribution in [3.8, 4) is 11.5 Å². The largest absolute Gasteiger partial charge is 0.497 e. The quantitative estimate of drug-likeness (QED) is 0.578. The molecule has 0 bridgehead atoms. The van der Waals surface area contributed by atoms with Gasteiger partial charge in [0.05, 0.1) is 19.9 Å². The van der Waals surface area contributed by atoms with Crippen molar-refractivity contribution >= 4 is 23.1 Å². The van der Waals surface area contributed by atoms with E-state index in [2.05, 4.69) is 29.5 Å². The Morgan fingerprint density at radius 3 is 2.38 bits per heavy atom. The summed E-state index contributed by atoms with van der Waals surface area (Å²) in [4.78, 5) is 16.9. The minimum absolute atomic E-state index is 0.203. The molecule has 0 unspecified atom stereocenters. The van der Waals surface area contributed by atoms with Gasteiger partial charge in [-0.1, -0.05) is 26.0 Å². The van der Waals surface area contributed by atoms with Crippen molar-refractivity contribution in [2.75, 3.05) is 24.9 Å². The molecule has 0 saturated heterocycles. The number of ether oxygens (including phenoxy) is 2. The van der Waals surface area contributed by atoms with Crippen LogP contribution in [0.5, 0.6) is 11.5 Å². The van der Waals surface area contributed by atoms with E-state index in [1.165, 1.54) is 5.56 Å². The maximum atomic E-state index is 12.6. The first kappa shape index (κ1) is 20.2. The molecule has 0 radical (unpaired) electrons. The van der Waals surface area contributed by atoms with E-state index in [1.54, 1.807) is 38.6 Å². The number of benzene rings is 2. The van der Waals surface area contributed by atoms with E-state index in [0.717, 1.165) is 5.69 Å². The maximum Gasteiger partial charge on any atom is 0.255 e. The summed E-state index contributed by atoms with van der Waals surface area (Å²) in [5.74, 6) is 2.10. The van der Waals surface area contributed by atoms with Gasteiger partial charge < -0.3 is 20.1 Å². The van der Waals surface area contributed by atoms with Gasteiger partial charge in [0.25, 0.3) is 5.91 Å². The van der Waals surface area contributed by atoms with Crippen LogP contribution < -0.4 is 20.1 Å². The van der Waals surface area contributed by atoms with Gasteiger partial charge in [-0.2, -0.15) is 0 Å². The summed E-state index contributed by atoms with van der Waals surface area (Å²) in [5.41, 5.74) is 3.17. The van der Waals surface area contributed by atoms with Crippen molar-refractivity contribution in [2.24, 2.45) is 0 Å². The second-order valence-electron chi connectivity index (χ2n) is 6.85. The summed E-state index contributed by atoms with van der Waals surface area (Å²) in [6.07, 6.45) is 1.59. The summed E-state index contributed by atoms with van der Waals surface area (Å²) in [6.45, 7) is 4.27. The van der Waals surface area contributed by atoms with Crippen LogP contribution >= 0.6 is 0 Å². The van der Waals surface area contributed by atoms with Gasteiger partial charge in [-0.05, 0) is 47.9 Å². The third-order valence-corrected chi connectivity index (χ3v) is 4.53. The van der Waals surface area contributed by atoms with E-state index >= 15 is 0 Å². The molecule has 1 aromatic heterocycles. The van der Waals surface area contributed by atoms with Crippen LogP contribution in [0.4, 0.5) is 17.2 Å². The molecule has 0 fully saturated rings. The zero-order valence-corrected chi connectivity index (χ0v) is 17.0. The maximum absolute atomic E-state index is 12.6. The Kier molecular flexibility index (Phi) is 6.34. The lowest BCUT2D eigenvalue weighted by Gasteiger charge is -2.13. The molecule has 0 atom stereocenters. The fourth-order valence-electron chi connectivity index (χ4n) is 2.84. The highest BCUT2D eigenvalue weighted by Crippen LogP contribution is 2.31. The van der Waals surface area contributed by atoms with Crippen molar-refractivity contribution in [3.63, 3.8) is 0 Å². The highest BCUT2D eigenvalue weighted by atomic mass is 16.5.